The molecule has 0 saturated carbocycles. The van der Waals surface area contributed by atoms with Crippen LogP contribution in [-0.2, 0) is 32.1 Å². The van der Waals surface area contributed by atoms with E-state index in [1.807, 2.05) is 86.3 Å². The molecule has 284 valence electrons. The Labute approximate surface area is 315 Å². The molecule has 1 aliphatic rings. The smallest absolute Gasteiger partial charge is 0.338 e. The van der Waals surface area contributed by atoms with Gasteiger partial charge in [0.2, 0.25) is 17.7 Å². The Bertz CT molecular complexity index is 1980. The molecule has 4 amide bonds. The lowest BCUT2D eigenvalue weighted by atomic mass is 9.82. The van der Waals surface area contributed by atoms with Gasteiger partial charge in [-0.2, -0.15) is 0 Å². The number of hydrogen-bond donors (Lipinski definition) is 5. The fourth-order valence-electron chi connectivity index (χ4n) is 7.32. The molecular weight excluding hydrogens is 686 g/mol. The van der Waals surface area contributed by atoms with Crippen molar-refractivity contribution in [2.75, 3.05) is 6.54 Å². The fraction of sp³-hybridized carbons (Fsp3) is 0.357. The normalized spacial score (nSPS) is 17.6. The summed E-state index contributed by atoms with van der Waals surface area (Å²) in [5, 5.41) is 18.6. The van der Waals surface area contributed by atoms with Crippen molar-refractivity contribution in [3.63, 3.8) is 0 Å². The van der Waals surface area contributed by atoms with Crippen molar-refractivity contribution < 1.29 is 33.8 Å². The maximum atomic E-state index is 13.9. The van der Waals surface area contributed by atoms with Gasteiger partial charge in [-0.1, -0.05) is 72.8 Å². The van der Waals surface area contributed by atoms with Crippen LogP contribution in [0.25, 0.3) is 10.8 Å². The topological polar surface area (TPSA) is 194 Å². The van der Waals surface area contributed by atoms with E-state index in [4.69, 9.17) is 16.2 Å². The summed E-state index contributed by atoms with van der Waals surface area (Å²) >= 11 is 0. The summed E-state index contributed by atoms with van der Waals surface area (Å²) in [6, 6.07) is 26.1. The summed E-state index contributed by atoms with van der Waals surface area (Å²) in [5.41, 5.74) is 12.2. The molecule has 12 nitrogen and oxygen atoms in total. The maximum absolute atomic E-state index is 13.9. The monoisotopic (exact) mass is 735 g/mol. The number of hydrogen-bond acceptors (Lipinski definition) is 8. The third kappa shape index (κ3) is 9.68. The number of likely N-dealkylation sites (tertiary alicyclic amines) is 1. The first-order valence-corrected chi connectivity index (χ1v) is 18.1. The molecular formula is C42H49N5O7. The molecule has 1 fully saturated rings. The summed E-state index contributed by atoms with van der Waals surface area (Å²) in [5.74, 6) is -3.22. The molecule has 54 heavy (non-hydrogen) atoms. The zero-order chi connectivity index (χ0) is 39.0. The summed E-state index contributed by atoms with van der Waals surface area (Å²) in [6.07, 6.45) is -0.400. The van der Waals surface area contributed by atoms with Gasteiger partial charge in [-0.05, 0) is 92.7 Å². The second kappa shape index (κ2) is 17.0. The van der Waals surface area contributed by atoms with E-state index in [9.17, 15) is 29.1 Å². The molecule has 0 aromatic heterocycles. The highest BCUT2D eigenvalue weighted by Crippen LogP contribution is 2.39. The van der Waals surface area contributed by atoms with Crippen molar-refractivity contribution in [1.29, 1.82) is 0 Å². The number of nitrogens with two attached hydrogens (primary N) is 2. The van der Waals surface area contributed by atoms with Crippen LogP contribution in [0.4, 0.5) is 0 Å². The van der Waals surface area contributed by atoms with Crippen molar-refractivity contribution in [1.82, 2.24) is 15.5 Å². The van der Waals surface area contributed by atoms with Crippen molar-refractivity contribution in [3.8, 4) is 0 Å². The minimum Gasteiger partial charge on any atom is -0.457 e. The lowest BCUT2D eigenvalue weighted by Crippen LogP contribution is -2.63. The SMILES string of the molecule is CC(C)(C)N1CCC[C@@]1(C[C@@H](O)[C@H](Cc1ccccc1)NC(=O)[C@H](CC(N)=O)NC(=O)c1ccc2cc(C(=O)OCc3ccccc3)ccc2c1)C(N)=O. The third-order valence-corrected chi connectivity index (χ3v) is 9.97. The standard InChI is InChI=1S/C42H49N5O7/c1-41(2,3)47-20-10-19-42(47,40(44)53)25-35(48)33(21-27-11-6-4-7-12-27)45-38(51)34(24-36(43)49)46-37(50)31-17-15-30-23-32(18-16-29(30)22-31)39(52)54-26-28-13-8-5-9-14-28/h4-9,11-18,22-23,33-35,48H,10,19-21,24-26H2,1-3H3,(H2,43,49)(H2,44,53)(H,45,51)(H,46,50)/t33-,34-,35+,42+/m0/s1. The van der Waals surface area contributed by atoms with Crippen LogP contribution in [0.1, 0.15) is 78.3 Å². The van der Waals surface area contributed by atoms with Gasteiger partial charge in [-0.15, -0.1) is 0 Å². The molecule has 1 saturated heterocycles. The number of fused-ring (bicyclic) bond motifs is 1. The minimum absolute atomic E-state index is 0.0339. The molecule has 0 spiro atoms. The van der Waals surface area contributed by atoms with Gasteiger partial charge in [0.15, 0.2) is 0 Å². The molecule has 5 rings (SSSR count). The van der Waals surface area contributed by atoms with Gasteiger partial charge < -0.3 is 31.9 Å². The number of primary amides is 2. The van der Waals surface area contributed by atoms with Crippen LogP contribution in [0.2, 0.25) is 0 Å². The second-order valence-corrected chi connectivity index (χ2v) is 14.9. The summed E-state index contributed by atoms with van der Waals surface area (Å²) < 4.78 is 5.45. The predicted octanol–water partition coefficient (Wildman–Crippen LogP) is 3.77. The van der Waals surface area contributed by atoms with E-state index in [0.29, 0.717) is 35.7 Å². The molecule has 4 atom stereocenters. The number of nitrogens with one attached hydrogen (secondary N) is 2. The highest BCUT2D eigenvalue weighted by molar-refractivity contribution is 6.02. The van der Waals surface area contributed by atoms with E-state index in [1.54, 1.807) is 36.4 Å². The van der Waals surface area contributed by atoms with Gasteiger partial charge in [0, 0.05) is 17.5 Å². The number of amides is 4. The van der Waals surface area contributed by atoms with Crippen molar-refractivity contribution in [2.24, 2.45) is 11.5 Å². The summed E-state index contributed by atoms with van der Waals surface area (Å²) in [4.78, 5) is 67.4. The van der Waals surface area contributed by atoms with Gasteiger partial charge in [0.25, 0.3) is 5.91 Å². The number of aliphatic hydroxyl groups excluding tert-OH is 1. The third-order valence-electron chi connectivity index (χ3n) is 9.97. The number of ether oxygens (including phenoxy) is 1. The number of carbonyl (C=O) groups excluding carboxylic acids is 5. The van der Waals surface area contributed by atoms with Gasteiger partial charge in [0.1, 0.15) is 18.2 Å². The van der Waals surface area contributed by atoms with Crippen LogP contribution in [0.3, 0.4) is 0 Å². The number of rotatable bonds is 15. The minimum atomic E-state index is -1.37. The van der Waals surface area contributed by atoms with Crippen LogP contribution in [0.15, 0.2) is 97.1 Å². The Hall–Kier alpha value is -5.59. The number of benzene rings is 4. The Kier molecular flexibility index (Phi) is 12.5. The van der Waals surface area contributed by atoms with Crippen molar-refractivity contribution in [2.45, 2.75) is 88.7 Å². The molecule has 12 heteroatoms. The summed E-state index contributed by atoms with van der Waals surface area (Å²) in [7, 11) is 0. The van der Waals surface area contributed by atoms with E-state index in [-0.39, 0.29) is 25.0 Å². The van der Waals surface area contributed by atoms with Crippen molar-refractivity contribution in [3.05, 3.63) is 119 Å². The molecule has 0 aliphatic carbocycles. The van der Waals surface area contributed by atoms with E-state index in [0.717, 1.165) is 11.1 Å². The average molecular weight is 736 g/mol. The molecule has 1 heterocycles. The highest BCUT2D eigenvalue weighted by Gasteiger charge is 2.51. The molecule has 0 unspecified atom stereocenters. The van der Waals surface area contributed by atoms with Gasteiger partial charge in [0.05, 0.1) is 24.1 Å². The Morgan fingerprint density at radius 3 is 2.02 bits per heavy atom. The van der Waals surface area contributed by atoms with Crippen molar-refractivity contribution >= 4 is 40.4 Å². The Morgan fingerprint density at radius 2 is 1.43 bits per heavy atom. The second-order valence-electron chi connectivity index (χ2n) is 14.9. The van der Waals surface area contributed by atoms with Crippen LogP contribution in [0.5, 0.6) is 0 Å². The van der Waals surface area contributed by atoms with E-state index >= 15 is 0 Å². The Morgan fingerprint density at radius 1 is 0.833 bits per heavy atom. The lowest BCUT2D eigenvalue weighted by molar-refractivity contribution is -0.135. The van der Waals surface area contributed by atoms with E-state index in [2.05, 4.69) is 10.6 Å². The quantitative estimate of drug-likeness (QED) is 0.114. The van der Waals surface area contributed by atoms with Crippen LogP contribution in [0, 0.1) is 0 Å². The molecule has 0 bridgehead atoms. The molecule has 7 N–H and O–H groups in total. The number of nitrogens with zero attached hydrogens (tertiary/aromatic N) is 1. The van der Waals surface area contributed by atoms with Crippen LogP contribution < -0.4 is 22.1 Å². The molecule has 4 aromatic carbocycles. The zero-order valence-corrected chi connectivity index (χ0v) is 30.9. The molecule has 1 aliphatic heterocycles. The predicted molar refractivity (Wildman–Crippen MR) is 205 cm³/mol. The number of esters is 1. The first kappa shape index (κ1) is 39.6. The number of aliphatic hydroxyl groups is 1. The van der Waals surface area contributed by atoms with Gasteiger partial charge in [-0.3, -0.25) is 24.1 Å². The zero-order valence-electron chi connectivity index (χ0n) is 30.9. The van der Waals surface area contributed by atoms with E-state index < -0.39 is 65.3 Å². The highest BCUT2D eigenvalue weighted by atomic mass is 16.5. The average Bonchev–Trinajstić information content (AvgIpc) is 3.59. The fourth-order valence-corrected chi connectivity index (χ4v) is 7.32. The largest absolute Gasteiger partial charge is 0.457 e. The maximum Gasteiger partial charge on any atom is 0.338 e. The molecule has 4 aromatic rings. The first-order valence-electron chi connectivity index (χ1n) is 18.1. The van der Waals surface area contributed by atoms with Crippen LogP contribution >= 0.6 is 0 Å². The van der Waals surface area contributed by atoms with Gasteiger partial charge >= 0.3 is 5.97 Å². The molecule has 0 radical (unpaired) electrons. The first-order chi connectivity index (χ1) is 25.7. The lowest BCUT2D eigenvalue weighted by Gasteiger charge is -2.46. The number of carbonyl (C=O) groups is 5. The van der Waals surface area contributed by atoms with Crippen LogP contribution in [-0.4, -0.2) is 75.4 Å². The van der Waals surface area contributed by atoms with E-state index in [1.165, 1.54) is 0 Å². The Balaban J connectivity index is 1.32. The van der Waals surface area contributed by atoms with Gasteiger partial charge in [-0.25, -0.2) is 4.79 Å². The summed E-state index contributed by atoms with van der Waals surface area (Å²) in [6.45, 7) is 6.71.